The van der Waals surface area contributed by atoms with Crippen LogP contribution in [0.25, 0.3) is 11.0 Å². The molecule has 0 aliphatic carbocycles. The summed E-state index contributed by atoms with van der Waals surface area (Å²) in [7, 11) is 0. The first-order chi connectivity index (χ1) is 17.5. The van der Waals surface area contributed by atoms with E-state index < -0.39 is 5.91 Å². The van der Waals surface area contributed by atoms with Gasteiger partial charge in [0.05, 0.1) is 5.02 Å². The Labute approximate surface area is 213 Å². The number of amides is 2. The van der Waals surface area contributed by atoms with Gasteiger partial charge in [-0.05, 0) is 68.8 Å². The Morgan fingerprint density at radius 2 is 1.86 bits per heavy atom. The third kappa shape index (κ3) is 5.10. The first kappa shape index (κ1) is 24.0. The highest BCUT2D eigenvalue weighted by Crippen LogP contribution is 2.33. The van der Waals surface area contributed by atoms with Crippen LogP contribution in [-0.4, -0.2) is 39.8 Å². The Hall–Kier alpha value is -3.75. The number of aromatic nitrogens is 2. The van der Waals surface area contributed by atoms with Gasteiger partial charge < -0.3 is 15.1 Å². The normalized spacial score (nSPS) is 15.5. The van der Waals surface area contributed by atoms with Crippen LogP contribution in [0.1, 0.15) is 41.9 Å². The fourth-order valence-electron chi connectivity index (χ4n) is 4.56. The maximum absolute atomic E-state index is 13.3. The van der Waals surface area contributed by atoms with Crippen molar-refractivity contribution in [3.05, 3.63) is 83.5 Å². The molecular formula is C27H26ClN5O3. The summed E-state index contributed by atoms with van der Waals surface area (Å²) in [6, 6.07) is 14.7. The molecule has 1 fully saturated rings. The number of furan rings is 1. The van der Waals surface area contributed by atoms with Crippen molar-refractivity contribution >= 4 is 45.9 Å². The molecule has 184 valence electrons. The highest BCUT2D eigenvalue weighted by atomic mass is 35.5. The number of carbonyl (C=O) groups is 2. The fraction of sp³-hybridized carbons (Fsp3) is 0.259. The van der Waals surface area contributed by atoms with Crippen LogP contribution in [0, 0.1) is 5.92 Å². The zero-order valence-electron chi connectivity index (χ0n) is 19.8. The number of nitrogens with one attached hydrogen (secondary N) is 2. The number of pyridine rings is 2. The van der Waals surface area contributed by atoms with Crippen LogP contribution in [0.3, 0.4) is 0 Å². The molecule has 3 aromatic heterocycles. The van der Waals surface area contributed by atoms with Crippen LogP contribution in [0.2, 0.25) is 5.02 Å². The van der Waals surface area contributed by atoms with Crippen molar-refractivity contribution in [2.45, 2.75) is 25.8 Å². The minimum absolute atomic E-state index is 0.0314. The molecule has 4 heterocycles. The second kappa shape index (κ2) is 10.5. The van der Waals surface area contributed by atoms with Gasteiger partial charge in [0.1, 0.15) is 17.1 Å². The summed E-state index contributed by atoms with van der Waals surface area (Å²) >= 11 is 5.89. The maximum Gasteiger partial charge on any atom is 0.294 e. The molecule has 5 rings (SSSR count). The molecule has 36 heavy (non-hydrogen) atoms. The van der Waals surface area contributed by atoms with E-state index in [2.05, 4.69) is 38.5 Å². The van der Waals surface area contributed by atoms with Gasteiger partial charge >= 0.3 is 0 Å². The number of carbonyl (C=O) groups excluding carboxylic acids is 2. The molecule has 1 aromatic carbocycles. The monoisotopic (exact) mass is 503 g/mol. The van der Waals surface area contributed by atoms with Crippen LogP contribution in [0.15, 0.2) is 71.5 Å². The third-order valence-electron chi connectivity index (χ3n) is 6.63. The Balaban J connectivity index is 1.30. The van der Waals surface area contributed by atoms with Crippen molar-refractivity contribution in [3.63, 3.8) is 0 Å². The van der Waals surface area contributed by atoms with E-state index in [4.69, 9.17) is 16.0 Å². The fourth-order valence-corrected chi connectivity index (χ4v) is 4.67. The van der Waals surface area contributed by atoms with Crippen molar-refractivity contribution in [1.82, 2.24) is 14.9 Å². The number of nitrogens with zero attached hydrogens (tertiary/aromatic N) is 3. The minimum Gasteiger partial charge on any atom is -0.449 e. The summed E-state index contributed by atoms with van der Waals surface area (Å²) in [6.07, 6.45) is 6.55. The SMILES string of the molecule is CC(c1cccnc1)N1CCC(C(=O)Nc2c(C(=O)Nc3ccc(Cl)cn3)oc3ccccc23)CC1. The molecule has 4 aromatic rings. The van der Waals surface area contributed by atoms with Crippen molar-refractivity contribution in [1.29, 1.82) is 0 Å². The van der Waals surface area contributed by atoms with E-state index in [0.717, 1.165) is 31.5 Å². The number of likely N-dealkylation sites (tertiary alicyclic amines) is 1. The number of benzene rings is 1. The Morgan fingerprint density at radius 1 is 1.06 bits per heavy atom. The van der Waals surface area contributed by atoms with Gasteiger partial charge in [-0.15, -0.1) is 0 Å². The number of halogens is 1. The predicted octanol–water partition coefficient (Wildman–Crippen LogP) is 5.54. The van der Waals surface area contributed by atoms with E-state index in [1.54, 1.807) is 24.4 Å². The Kier molecular flexibility index (Phi) is 6.97. The topological polar surface area (TPSA) is 100 Å². The van der Waals surface area contributed by atoms with Gasteiger partial charge in [-0.25, -0.2) is 4.98 Å². The summed E-state index contributed by atoms with van der Waals surface area (Å²) in [5, 5.41) is 6.83. The molecule has 1 unspecified atom stereocenters. The lowest BCUT2D eigenvalue weighted by Gasteiger charge is -2.35. The quantitative estimate of drug-likeness (QED) is 0.358. The molecule has 0 saturated carbocycles. The van der Waals surface area contributed by atoms with E-state index in [1.807, 2.05) is 30.5 Å². The molecule has 0 spiro atoms. The van der Waals surface area contributed by atoms with Crippen LogP contribution in [0.5, 0.6) is 0 Å². The van der Waals surface area contributed by atoms with Crippen molar-refractivity contribution in [2.75, 3.05) is 23.7 Å². The van der Waals surface area contributed by atoms with Gasteiger partial charge in [0, 0.05) is 35.9 Å². The second-order valence-electron chi connectivity index (χ2n) is 8.88. The Bertz CT molecular complexity index is 1370. The lowest BCUT2D eigenvalue weighted by Crippen LogP contribution is -2.39. The van der Waals surface area contributed by atoms with Crippen molar-refractivity contribution < 1.29 is 14.0 Å². The van der Waals surface area contributed by atoms with Gasteiger partial charge in [-0.1, -0.05) is 29.8 Å². The van der Waals surface area contributed by atoms with Gasteiger partial charge in [-0.2, -0.15) is 0 Å². The van der Waals surface area contributed by atoms with Gasteiger partial charge in [0.2, 0.25) is 11.7 Å². The number of para-hydroxylation sites is 1. The molecule has 2 amide bonds. The first-order valence-electron chi connectivity index (χ1n) is 11.9. The zero-order chi connectivity index (χ0) is 25.1. The minimum atomic E-state index is -0.503. The standard InChI is InChI=1S/C27H26ClN5O3/c1-17(19-5-4-12-29-15-19)33-13-10-18(11-14-33)26(34)32-24-21-6-2-3-7-22(21)36-25(24)27(35)31-23-9-8-20(28)16-30-23/h2-9,12,15-18H,10-11,13-14H2,1H3,(H,32,34)(H,30,31,35). The van der Waals surface area contributed by atoms with E-state index in [9.17, 15) is 9.59 Å². The molecular weight excluding hydrogens is 478 g/mol. The summed E-state index contributed by atoms with van der Waals surface area (Å²) < 4.78 is 5.85. The summed E-state index contributed by atoms with van der Waals surface area (Å²) in [6.45, 7) is 3.77. The molecule has 0 radical (unpaired) electrons. The lowest BCUT2D eigenvalue weighted by molar-refractivity contribution is -0.121. The second-order valence-corrected chi connectivity index (χ2v) is 9.32. The number of rotatable bonds is 6. The molecule has 9 heteroatoms. The molecule has 1 aliphatic rings. The van der Waals surface area contributed by atoms with Gasteiger partial charge in [0.25, 0.3) is 5.91 Å². The van der Waals surface area contributed by atoms with E-state index >= 15 is 0 Å². The van der Waals surface area contributed by atoms with Crippen LogP contribution in [0.4, 0.5) is 11.5 Å². The summed E-state index contributed by atoms with van der Waals surface area (Å²) in [4.78, 5) is 37.0. The maximum atomic E-state index is 13.3. The highest BCUT2D eigenvalue weighted by Gasteiger charge is 2.30. The summed E-state index contributed by atoms with van der Waals surface area (Å²) in [5.74, 6) is -0.420. The predicted molar refractivity (Wildman–Crippen MR) is 139 cm³/mol. The zero-order valence-corrected chi connectivity index (χ0v) is 20.5. The first-order valence-corrected chi connectivity index (χ1v) is 12.3. The van der Waals surface area contributed by atoms with E-state index in [-0.39, 0.29) is 23.6 Å². The van der Waals surface area contributed by atoms with Gasteiger partial charge in [0.15, 0.2) is 0 Å². The molecule has 1 aliphatic heterocycles. The number of piperidine rings is 1. The average Bonchev–Trinajstić information content (AvgIpc) is 3.28. The lowest BCUT2D eigenvalue weighted by atomic mass is 9.94. The summed E-state index contributed by atoms with van der Waals surface area (Å²) in [5.41, 5.74) is 2.05. The van der Waals surface area contributed by atoms with Crippen molar-refractivity contribution in [2.24, 2.45) is 5.92 Å². The van der Waals surface area contributed by atoms with Gasteiger partial charge in [-0.3, -0.25) is 19.5 Å². The smallest absolute Gasteiger partial charge is 0.294 e. The Morgan fingerprint density at radius 3 is 2.58 bits per heavy atom. The highest BCUT2D eigenvalue weighted by molar-refractivity contribution is 6.30. The molecule has 2 N–H and O–H groups in total. The van der Waals surface area contributed by atoms with Crippen LogP contribution in [-0.2, 0) is 4.79 Å². The number of anilines is 2. The molecule has 8 nitrogen and oxygen atoms in total. The van der Waals surface area contributed by atoms with Crippen molar-refractivity contribution in [3.8, 4) is 0 Å². The van der Waals surface area contributed by atoms with E-state index in [0.29, 0.717) is 27.5 Å². The average molecular weight is 504 g/mol. The van der Waals surface area contributed by atoms with Crippen LogP contribution < -0.4 is 10.6 Å². The number of fused-ring (bicyclic) bond motifs is 1. The van der Waals surface area contributed by atoms with Crippen LogP contribution >= 0.6 is 11.6 Å². The van der Waals surface area contributed by atoms with E-state index in [1.165, 1.54) is 6.20 Å². The third-order valence-corrected chi connectivity index (χ3v) is 6.86. The largest absolute Gasteiger partial charge is 0.449 e. The number of hydrogen-bond donors (Lipinski definition) is 2. The number of hydrogen-bond acceptors (Lipinski definition) is 6. The molecule has 1 saturated heterocycles. The molecule has 0 bridgehead atoms. The molecule has 1 atom stereocenters.